The normalized spacial score (nSPS) is 10.1. The first kappa shape index (κ1) is 19.7. The summed E-state index contributed by atoms with van der Waals surface area (Å²) in [7, 11) is 1.38. The Morgan fingerprint density at radius 2 is 1.48 bits per heavy atom. The van der Waals surface area contributed by atoms with Gasteiger partial charge in [0, 0.05) is 30.4 Å². The molecule has 0 saturated heterocycles. The van der Waals surface area contributed by atoms with Gasteiger partial charge in [-0.15, -0.1) is 0 Å². The Morgan fingerprint density at radius 1 is 0.828 bits per heavy atom. The minimum absolute atomic E-state index is 0.144. The van der Waals surface area contributed by atoms with Crippen molar-refractivity contribution in [3.8, 4) is 11.5 Å². The van der Waals surface area contributed by atoms with E-state index in [2.05, 4.69) is 9.97 Å². The van der Waals surface area contributed by atoms with Gasteiger partial charge in [-0.3, -0.25) is 14.8 Å². The summed E-state index contributed by atoms with van der Waals surface area (Å²) in [4.78, 5) is 44.1. The minimum Gasteiger partial charge on any atom is -0.493 e. The van der Waals surface area contributed by atoms with Crippen LogP contribution in [0.5, 0.6) is 11.5 Å². The first-order chi connectivity index (χ1) is 14.1. The number of Topliss-reactive ketones (excluding diaryl/α,β-unsaturated/α-hetero) is 1. The average Bonchev–Trinajstić information content (AvgIpc) is 2.78. The van der Waals surface area contributed by atoms with Gasteiger partial charge in [0.1, 0.15) is 0 Å². The standard InChI is InChI=1S/C21H16N2O6/c1-27-19-10-14(17(24)13-28-20(25)15-4-2-8-22-11-15)6-7-18(19)29-21(26)16-5-3-9-23-12-16/h2-12H,13H2,1H3. The highest BCUT2D eigenvalue weighted by Crippen LogP contribution is 2.29. The highest BCUT2D eigenvalue weighted by atomic mass is 16.6. The third-order valence-electron chi connectivity index (χ3n) is 3.82. The van der Waals surface area contributed by atoms with Crippen LogP contribution in [-0.2, 0) is 4.74 Å². The maximum Gasteiger partial charge on any atom is 0.345 e. The van der Waals surface area contributed by atoms with Crippen LogP contribution in [0.1, 0.15) is 31.1 Å². The molecule has 0 aliphatic carbocycles. The molecule has 8 heteroatoms. The predicted molar refractivity (Wildman–Crippen MR) is 101 cm³/mol. The predicted octanol–water partition coefficient (Wildman–Crippen LogP) is 2.74. The van der Waals surface area contributed by atoms with Crippen LogP contribution in [0.2, 0.25) is 0 Å². The Hall–Kier alpha value is -4.07. The van der Waals surface area contributed by atoms with E-state index in [1.54, 1.807) is 24.4 Å². The number of pyridine rings is 2. The third-order valence-corrected chi connectivity index (χ3v) is 3.82. The van der Waals surface area contributed by atoms with Crippen molar-refractivity contribution in [2.24, 2.45) is 0 Å². The minimum atomic E-state index is -0.652. The monoisotopic (exact) mass is 392 g/mol. The van der Waals surface area contributed by atoms with Gasteiger partial charge in [0.15, 0.2) is 23.9 Å². The van der Waals surface area contributed by atoms with E-state index in [-0.39, 0.29) is 28.2 Å². The second kappa shape index (κ2) is 9.23. The molecule has 0 saturated carbocycles. The summed E-state index contributed by atoms with van der Waals surface area (Å²) in [5, 5.41) is 0. The van der Waals surface area contributed by atoms with Gasteiger partial charge in [-0.25, -0.2) is 9.59 Å². The fraction of sp³-hybridized carbons (Fsp3) is 0.0952. The molecule has 3 aromatic rings. The number of esters is 2. The molecule has 0 atom stereocenters. The lowest BCUT2D eigenvalue weighted by molar-refractivity contribution is 0.0474. The molecule has 0 spiro atoms. The molecular weight excluding hydrogens is 376 g/mol. The number of hydrogen-bond donors (Lipinski definition) is 0. The Balaban J connectivity index is 1.67. The fourth-order valence-electron chi connectivity index (χ4n) is 2.35. The van der Waals surface area contributed by atoms with Crippen LogP contribution in [0, 0.1) is 0 Å². The van der Waals surface area contributed by atoms with Gasteiger partial charge < -0.3 is 14.2 Å². The van der Waals surface area contributed by atoms with E-state index in [9.17, 15) is 14.4 Å². The number of carbonyl (C=O) groups excluding carboxylic acids is 3. The lowest BCUT2D eigenvalue weighted by atomic mass is 10.1. The van der Waals surface area contributed by atoms with Crippen LogP contribution in [0.15, 0.2) is 67.3 Å². The van der Waals surface area contributed by atoms with E-state index in [1.807, 2.05) is 0 Å². The highest BCUT2D eigenvalue weighted by molar-refractivity contribution is 6.00. The van der Waals surface area contributed by atoms with Crippen molar-refractivity contribution in [3.05, 3.63) is 83.9 Å². The molecule has 0 amide bonds. The van der Waals surface area contributed by atoms with Crippen molar-refractivity contribution < 1.29 is 28.6 Å². The number of benzene rings is 1. The molecular formula is C21H16N2O6. The second-order valence-corrected chi connectivity index (χ2v) is 5.74. The number of aromatic nitrogens is 2. The number of hydrogen-bond acceptors (Lipinski definition) is 8. The topological polar surface area (TPSA) is 105 Å². The molecule has 0 fully saturated rings. The molecule has 2 aromatic heterocycles. The first-order valence-electron chi connectivity index (χ1n) is 8.49. The SMILES string of the molecule is COc1cc(C(=O)COC(=O)c2cccnc2)ccc1OC(=O)c1cccnc1. The molecule has 0 radical (unpaired) electrons. The number of methoxy groups -OCH3 is 1. The van der Waals surface area contributed by atoms with Crippen LogP contribution in [0.25, 0.3) is 0 Å². The van der Waals surface area contributed by atoms with Crippen molar-refractivity contribution in [2.75, 3.05) is 13.7 Å². The number of rotatable bonds is 7. The summed E-state index contributed by atoms with van der Waals surface area (Å²) in [6.07, 6.45) is 5.79. The molecule has 0 N–H and O–H groups in total. The molecule has 0 aliphatic rings. The quantitative estimate of drug-likeness (QED) is 0.343. The van der Waals surface area contributed by atoms with Gasteiger partial charge in [0.05, 0.1) is 18.2 Å². The van der Waals surface area contributed by atoms with Crippen molar-refractivity contribution in [1.29, 1.82) is 0 Å². The fourth-order valence-corrected chi connectivity index (χ4v) is 2.35. The Kier molecular flexibility index (Phi) is 6.26. The highest BCUT2D eigenvalue weighted by Gasteiger charge is 2.17. The zero-order valence-electron chi connectivity index (χ0n) is 15.4. The summed E-state index contributed by atoms with van der Waals surface area (Å²) < 4.78 is 15.5. The zero-order valence-corrected chi connectivity index (χ0v) is 15.4. The molecule has 0 aliphatic heterocycles. The lowest BCUT2D eigenvalue weighted by Gasteiger charge is -2.11. The van der Waals surface area contributed by atoms with Crippen LogP contribution < -0.4 is 9.47 Å². The molecule has 3 rings (SSSR count). The summed E-state index contributed by atoms with van der Waals surface area (Å²) in [5.74, 6) is -1.37. The number of ketones is 1. The van der Waals surface area contributed by atoms with Gasteiger partial charge in [-0.05, 0) is 42.5 Å². The van der Waals surface area contributed by atoms with Crippen LogP contribution in [0.3, 0.4) is 0 Å². The molecule has 29 heavy (non-hydrogen) atoms. The molecule has 0 unspecified atom stereocenters. The van der Waals surface area contributed by atoms with Crippen molar-refractivity contribution in [3.63, 3.8) is 0 Å². The van der Waals surface area contributed by atoms with Crippen molar-refractivity contribution in [1.82, 2.24) is 9.97 Å². The van der Waals surface area contributed by atoms with Crippen LogP contribution >= 0.6 is 0 Å². The van der Waals surface area contributed by atoms with E-state index < -0.39 is 24.3 Å². The van der Waals surface area contributed by atoms with Crippen molar-refractivity contribution in [2.45, 2.75) is 0 Å². The van der Waals surface area contributed by atoms with Gasteiger partial charge in [-0.1, -0.05) is 0 Å². The smallest absolute Gasteiger partial charge is 0.345 e. The third kappa shape index (κ3) is 5.01. The number of nitrogens with zero attached hydrogens (tertiary/aromatic N) is 2. The van der Waals surface area contributed by atoms with E-state index in [4.69, 9.17) is 14.2 Å². The Morgan fingerprint density at radius 3 is 2.07 bits per heavy atom. The van der Waals surface area contributed by atoms with Gasteiger partial charge in [0.2, 0.25) is 0 Å². The summed E-state index contributed by atoms with van der Waals surface area (Å²) in [6, 6.07) is 10.6. The zero-order chi connectivity index (χ0) is 20.6. The molecule has 8 nitrogen and oxygen atoms in total. The van der Waals surface area contributed by atoms with E-state index in [1.165, 1.54) is 50.0 Å². The molecule has 2 heterocycles. The second-order valence-electron chi connectivity index (χ2n) is 5.74. The maximum absolute atomic E-state index is 12.3. The Bertz CT molecular complexity index is 1020. The molecule has 0 bridgehead atoms. The van der Waals surface area contributed by atoms with Crippen molar-refractivity contribution >= 4 is 17.7 Å². The van der Waals surface area contributed by atoms with Crippen LogP contribution in [-0.4, -0.2) is 41.4 Å². The summed E-state index contributed by atoms with van der Waals surface area (Å²) in [5.41, 5.74) is 0.759. The lowest BCUT2D eigenvalue weighted by Crippen LogP contribution is -2.15. The summed E-state index contributed by atoms with van der Waals surface area (Å²) >= 11 is 0. The van der Waals surface area contributed by atoms with Gasteiger partial charge in [0.25, 0.3) is 0 Å². The summed E-state index contributed by atoms with van der Waals surface area (Å²) in [6.45, 7) is -0.453. The van der Waals surface area contributed by atoms with Gasteiger partial charge in [-0.2, -0.15) is 0 Å². The average molecular weight is 392 g/mol. The van der Waals surface area contributed by atoms with E-state index in [0.29, 0.717) is 0 Å². The van der Waals surface area contributed by atoms with Gasteiger partial charge >= 0.3 is 11.9 Å². The Labute approximate surface area is 166 Å². The largest absolute Gasteiger partial charge is 0.493 e. The van der Waals surface area contributed by atoms with E-state index >= 15 is 0 Å². The first-order valence-corrected chi connectivity index (χ1v) is 8.49. The number of ether oxygens (including phenoxy) is 3. The maximum atomic E-state index is 12.3. The molecule has 1 aromatic carbocycles. The number of carbonyl (C=O) groups is 3. The van der Waals surface area contributed by atoms with E-state index in [0.717, 1.165) is 0 Å². The molecule has 146 valence electrons. The van der Waals surface area contributed by atoms with Crippen LogP contribution in [0.4, 0.5) is 0 Å².